The molecule has 5 rings (SSSR count). The third-order valence-corrected chi connectivity index (χ3v) is 5.93. The molecule has 1 heterocycles. The van der Waals surface area contributed by atoms with E-state index >= 15 is 0 Å². The van der Waals surface area contributed by atoms with Crippen LogP contribution in [0.4, 0.5) is 8.78 Å². The van der Waals surface area contributed by atoms with Crippen molar-refractivity contribution in [1.82, 2.24) is 0 Å². The molecule has 124 valence electrons. The minimum atomic E-state index is -2.99. The smallest absolute Gasteiger partial charge is 0.309 e. The molecule has 0 aromatic heterocycles. The Morgan fingerprint density at radius 1 is 1.23 bits per heavy atom. The SMILES string of the molecule is CC(F)(F)COC(=O)C1C2CC3CC(C2)C2(OCCO2)C1C3. The van der Waals surface area contributed by atoms with Gasteiger partial charge >= 0.3 is 5.97 Å². The molecule has 1 spiro atoms. The largest absolute Gasteiger partial charge is 0.459 e. The van der Waals surface area contributed by atoms with E-state index in [2.05, 4.69) is 0 Å². The van der Waals surface area contributed by atoms with Gasteiger partial charge in [-0.3, -0.25) is 4.79 Å². The molecule has 1 saturated heterocycles. The standard InChI is InChI=1S/C16H22F2O4/c1-15(17,18)8-20-14(19)13-10-4-9-5-11(7-10)16(12(13)6-9)21-2-3-22-16/h9-13H,2-8H2,1H3. The van der Waals surface area contributed by atoms with E-state index in [0.29, 0.717) is 25.0 Å². The summed E-state index contributed by atoms with van der Waals surface area (Å²) in [6, 6.07) is 0. The second-order valence-electron chi connectivity index (χ2n) is 7.49. The first kappa shape index (κ1) is 14.8. The molecule has 4 bridgehead atoms. The van der Waals surface area contributed by atoms with Gasteiger partial charge in [0.2, 0.25) is 0 Å². The monoisotopic (exact) mass is 316 g/mol. The van der Waals surface area contributed by atoms with Crippen molar-refractivity contribution in [3.8, 4) is 0 Å². The van der Waals surface area contributed by atoms with Gasteiger partial charge in [-0.15, -0.1) is 0 Å². The molecule has 0 aromatic carbocycles. The molecule has 5 unspecified atom stereocenters. The lowest BCUT2D eigenvalue weighted by Crippen LogP contribution is -2.63. The minimum Gasteiger partial charge on any atom is -0.459 e. The molecule has 5 fully saturated rings. The quantitative estimate of drug-likeness (QED) is 0.751. The van der Waals surface area contributed by atoms with E-state index in [1.165, 1.54) is 0 Å². The number of esters is 1. The summed E-state index contributed by atoms with van der Waals surface area (Å²) < 4.78 is 42.8. The van der Waals surface area contributed by atoms with Crippen LogP contribution in [0.2, 0.25) is 0 Å². The maximum atomic E-state index is 13.0. The van der Waals surface area contributed by atoms with Crippen molar-refractivity contribution in [3.05, 3.63) is 0 Å². The third-order valence-electron chi connectivity index (χ3n) is 5.93. The van der Waals surface area contributed by atoms with Gasteiger partial charge in [0, 0.05) is 18.8 Å². The Kier molecular flexibility index (Phi) is 3.28. The average Bonchev–Trinajstić information content (AvgIpc) is 2.91. The molecule has 0 aromatic rings. The second-order valence-corrected chi connectivity index (χ2v) is 7.49. The summed E-state index contributed by atoms with van der Waals surface area (Å²) in [5.74, 6) is -3.34. The fraction of sp³-hybridized carbons (Fsp3) is 0.938. The van der Waals surface area contributed by atoms with Gasteiger partial charge in [-0.05, 0) is 37.5 Å². The highest BCUT2D eigenvalue weighted by molar-refractivity contribution is 5.74. The molecule has 0 radical (unpaired) electrons. The van der Waals surface area contributed by atoms with Crippen LogP contribution in [-0.4, -0.2) is 37.5 Å². The third kappa shape index (κ3) is 2.18. The van der Waals surface area contributed by atoms with E-state index in [1.807, 2.05) is 0 Å². The number of carbonyl (C=O) groups is 1. The number of hydrogen-bond donors (Lipinski definition) is 0. The van der Waals surface area contributed by atoms with Crippen LogP contribution < -0.4 is 0 Å². The molecule has 6 heteroatoms. The van der Waals surface area contributed by atoms with Gasteiger partial charge in [0.05, 0.1) is 19.1 Å². The lowest BCUT2D eigenvalue weighted by atomic mass is 9.49. The molecule has 1 aliphatic heterocycles. The molecule has 4 aliphatic carbocycles. The van der Waals surface area contributed by atoms with Crippen LogP contribution in [0.15, 0.2) is 0 Å². The van der Waals surface area contributed by atoms with Crippen molar-refractivity contribution >= 4 is 5.97 Å². The van der Waals surface area contributed by atoms with E-state index in [1.54, 1.807) is 0 Å². The zero-order valence-electron chi connectivity index (χ0n) is 12.7. The fourth-order valence-electron chi connectivity index (χ4n) is 5.40. The van der Waals surface area contributed by atoms with Gasteiger partial charge in [0.1, 0.15) is 0 Å². The summed E-state index contributed by atoms with van der Waals surface area (Å²) in [7, 11) is 0. The fourth-order valence-corrected chi connectivity index (χ4v) is 5.40. The second kappa shape index (κ2) is 4.87. The maximum Gasteiger partial charge on any atom is 0.309 e. The van der Waals surface area contributed by atoms with Crippen molar-refractivity contribution < 1.29 is 27.8 Å². The van der Waals surface area contributed by atoms with Crippen LogP contribution in [0.5, 0.6) is 0 Å². The van der Waals surface area contributed by atoms with Crippen molar-refractivity contribution in [2.45, 2.75) is 44.3 Å². The Morgan fingerprint density at radius 2 is 1.95 bits per heavy atom. The topological polar surface area (TPSA) is 44.8 Å². The van der Waals surface area contributed by atoms with E-state index in [0.717, 1.165) is 32.6 Å². The first-order chi connectivity index (χ1) is 10.4. The molecular weight excluding hydrogens is 294 g/mol. The van der Waals surface area contributed by atoms with Crippen molar-refractivity contribution in [1.29, 1.82) is 0 Å². The molecule has 0 N–H and O–H groups in total. The summed E-state index contributed by atoms with van der Waals surface area (Å²) in [6.45, 7) is 1.03. The number of ether oxygens (including phenoxy) is 3. The predicted octanol–water partition coefficient (Wildman–Crippen LogP) is 2.61. The van der Waals surface area contributed by atoms with Gasteiger partial charge < -0.3 is 14.2 Å². The van der Waals surface area contributed by atoms with Crippen LogP contribution in [0, 0.1) is 29.6 Å². The maximum absolute atomic E-state index is 13.0. The average molecular weight is 316 g/mol. The molecule has 4 saturated carbocycles. The number of halogens is 2. The lowest BCUT2D eigenvalue weighted by molar-refractivity contribution is -0.304. The molecule has 5 atom stereocenters. The van der Waals surface area contributed by atoms with Crippen LogP contribution in [0.1, 0.15) is 32.6 Å². The highest BCUT2D eigenvalue weighted by atomic mass is 19.3. The molecule has 4 nitrogen and oxygen atoms in total. The van der Waals surface area contributed by atoms with Crippen LogP contribution >= 0.6 is 0 Å². The van der Waals surface area contributed by atoms with Gasteiger partial charge in [-0.1, -0.05) is 0 Å². The predicted molar refractivity (Wildman–Crippen MR) is 72.1 cm³/mol. The van der Waals surface area contributed by atoms with Crippen LogP contribution in [0.25, 0.3) is 0 Å². The summed E-state index contributed by atoms with van der Waals surface area (Å²) in [4.78, 5) is 12.5. The van der Waals surface area contributed by atoms with Crippen LogP contribution in [-0.2, 0) is 19.0 Å². The van der Waals surface area contributed by atoms with E-state index in [-0.39, 0.29) is 17.8 Å². The molecule has 0 amide bonds. The Labute approximate surface area is 128 Å². The summed E-state index contributed by atoms with van der Waals surface area (Å²) in [5.41, 5.74) is 0. The first-order valence-electron chi connectivity index (χ1n) is 8.21. The zero-order valence-corrected chi connectivity index (χ0v) is 12.7. The van der Waals surface area contributed by atoms with Gasteiger partial charge in [-0.2, -0.15) is 0 Å². The first-order valence-corrected chi connectivity index (χ1v) is 8.21. The highest BCUT2D eigenvalue weighted by Crippen LogP contribution is 2.63. The molecule has 5 aliphatic rings. The Morgan fingerprint density at radius 3 is 2.64 bits per heavy atom. The highest BCUT2D eigenvalue weighted by Gasteiger charge is 2.66. The van der Waals surface area contributed by atoms with Gasteiger partial charge in [-0.25, -0.2) is 8.78 Å². The number of hydrogen-bond acceptors (Lipinski definition) is 4. The van der Waals surface area contributed by atoms with Crippen molar-refractivity contribution in [2.24, 2.45) is 29.6 Å². The van der Waals surface area contributed by atoms with Gasteiger partial charge in [0.15, 0.2) is 12.4 Å². The summed E-state index contributed by atoms with van der Waals surface area (Å²) >= 11 is 0. The molecular formula is C16H22F2O4. The normalized spacial score (nSPS) is 42.0. The lowest BCUT2D eigenvalue weighted by Gasteiger charge is -2.60. The molecule has 22 heavy (non-hydrogen) atoms. The van der Waals surface area contributed by atoms with Crippen LogP contribution in [0.3, 0.4) is 0 Å². The Hall–Kier alpha value is -0.750. The minimum absolute atomic E-state index is 0.0378. The van der Waals surface area contributed by atoms with Crippen molar-refractivity contribution in [3.63, 3.8) is 0 Å². The van der Waals surface area contributed by atoms with Crippen molar-refractivity contribution in [2.75, 3.05) is 19.8 Å². The summed E-state index contributed by atoms with van der Waals surface area (Å²) in [6.07, 6.45) is 3.87. The Balaban J connectivity index is 1.56. The van der Waals surface area contributed by atoms with Gasteiger partial charge in [0.25, 0.3) is 5.92 Å². The van der Waals surface area contributed by atoms with E-state index in [4.69, 9.17) is 14.2 Å². The zero-order chi connectivity index (χ0) is 15.5. The number of carbonyl (C=O) groups excluding carboxylic acids is 1. The number of alkyl halides is 2. The Bertz CT molecular complexity index is 469. The van der Waals surface area contributed by atoms with E-state index < -0.39 is 24.3 Å². The summed E-state index contributed by atoms with van der Waals surface area (Å²) in [5, 5.41) is 0. The number of rotatable bonds is 3. The van der Waals surface area contributed by atoms with E-state index in [9.17, 15) is 13.6 Å².